The average Bonchev–Trinajstić information content (AvgIpc) is 1.30. The van der Waals surface area contributed by atoms with Crippen LogP contribution in [0.4, 0.5) is 13.2 Å². The zero-order valence-corrected chi connectivity index (χ0v) is 51.2. The maximum Gasteiger partial charge on any atom is 0.177 e. The van der Waals surface area contributed by atoms with Gasteiger partial charge in [-0.05, 0) is 203 Å². The Morgan fingerprint density at radius 3 is 0.856 bits per heavy atom. The number of rotatable bonds is 27. The first kappa shape index (κ1) is 70.9. The summed E-state index contributed by atoms with van der Waals surface area (Å²) in [6, 6.07) is 33.2. The van der Waals surface area contributed by atoms with Gasteiger partial charge in [0.05, 0.1) is 35.0 Å². The number of carbonyl (C=O) groups is 3. The molecule has 3 fully saturated rings. The van der Waals surface area contributed by atoms with Gasteiger partial charge in [-0.15, -0.1) is 0 Å². The van der Waals surface area contributed by atoms with Crippen LogP contribution in [0.25, 0.3) is 0 Å². The fraction of sp³-hybridized carbons (Fsp3) is 0.381. The molecule has 3 aliphatic heterocycles. The molecule has 3 N–H and O–H groups in total. The lowest BCUT2D eigenvalue weighted by atomic mass is 9.85. The molecule has 6 aromatic rings. The second-order valence-electron chi connectivity index (χ2n) is 21.7. The lowest BCUT2D eigenvalue weighted by molar-refractivity contribution is -0.0952. The Morgan fingerprint density at radius 2 is 0.644 bits per heavy atom. The summed E-state index contributed by atoms with van der Waals surface area (Å²) in [6.45, 7) is 7.34. The topological polar surface area (TPSA) is 297 Å². The Kier molecular flexibility index (Phi) is 28.8. The van der Waals surface area contributed by atoms with Crippen LogP contribution in [-0.2, 0) is 66.3 Å². The highest BCUT2D eigenvalue weighted by molar-refractivity contribution is 7.74. The number of benzene rings is 6. The summed E-state index contributed by atoms with van der Waals surface area (Å²) in [7, 11) is 0. The fourth-order valence-electron chi connectivity index (χ4n) is 11.3. The largest absolute Gasteiger partial charge is 0.747 e. The van der Waals surface area contributed by atoms with Crippen LogP contribution in [0.15, 0.2) is 127 Å². The number of aldehydes is 3. The molecule has 0 amide bonds. The van der Waals surface area contributed by atoms with Crippen molar-refractivity contribution in [1.82, 2.24) is 14.7 Å². The number of carbonyl (C=O) groups excluding carboxylic acids is 3. The van der Waals surface area contributed by atoms with Crippen LogP contribution in [0.3, 0.4) is 0 Å². The predicted molar refractivity (Wildman–Crippen MR) is 320 cm³/mol. The molecule has 486 valence electrons. The second kappa shape index (κ2) is 36.5. The Hall–Kier alpha value is -6.51. The summed E-state index contributed by atoms with van der Waals surface area (Å²) in [5, 5.41) is 32.5. The first-order valence-electron chi connectivity index (χ1n) is 28.9. The maximum absolute atomic E-state index is 13.0. The lowest BCUT2D eigenvalue weighted by Gasteiger charge is -2.34. The van der Waals surface area contributed by atoms with Gasteiger partial charge < -0.3 is 58.3 Å². The molecular formula is C63H69F3N3O18S3-3. The normalized spacial score (nSPS) is 17.4. The summed E-state index contributed by atoms with van der Waals surface area (Å²) < 4.78 is 114. The highest BCUT2D eigenvalue weighted by Crippen LogP contribution is 2.38. The Balaban J connectivity index is 0.000000192. The second-order valence-corrected chi connectivity index (χ2v) is 23.3. The van der Waals surface area contributed by atoms with E-state index < -0.39 is 52.4 Å². The monoisotopic (exact) mass is 1310 g/mol. The minimum Gasteiger partial charge on any atom is -0.747 e. The summed E-state index contributed by atoms with van der Waals surface area (Å²) in [4.78, 5) is 55.5. The van der Waals surface area contributed by atoms with Gasteiger partial charge in [-0.25, -0.2) is 25.8 Å². The van der Waals surface area contributed by atoms with Crippen molar-refractivity contribution < 1.29 is 96.8 Å². The Morgan fingerprint density at radius 1 is 0.411 bits per heavy atom. The average molecular weight is 1310 g/mol. The van der Waals surface area contributed by atoms with Crippen molar-refractivity contribution in [3.8, 4) is 17.2 Å². The third-order valence-corrected chi connectivity index (χ3v) is 16.8. The molecule has 27 heteroatoms. The third-order valence-electron chi connectivity index (χ3n) is 16.3. The molecule has 0 aliphatic carbocycles. The molecule has 90 heavy (non-hydrogen) atoms. The molecule has 0 aromatic heterocycles. The van der Waals surface area contributed by atoms with Crippen molar-refractivity contribution in [2.75, 3.05) is 58.9 Å². The zero-order valence-electron chi connectivity index (χ0n) is 48.7. The van der Waals surface area contributed by atoms with Crippen molar-refractivity contribution in [2.45, 2.75) is 76.1 Å². The van der Waals surface area contributed by atoms with E-state index in [-0.39, 0.29) is 69.1 Å². The molecule has 6 aromatic carbocycles. The third kappa shape index (κ3) is 21.8. The molecule has 0 radical (unpaired) electrons. The number of nitrogens with zero attached hydrogens (tertiary/aromatic N) is 3. The van der Waals surface area contributed by atoms with E-state index in [1.165, 1.54) is 54.6 Å². The Bertz CT molecular complexity index is 2960. The number of hydrogen-bond acceptors (Lipinski definition) is 21. The van der Waals surface area contributed by atoms with E-state index >= 15 is 0 Å². The predicted octanol–water partition coefficient (Wildman–Crippen LogP) is 8.19. The van der Waals surface area contributed by atoms with Gasteiger partial charge in [0.1, 0.15) is 51.5 Å². The minimum absolute atomic E-state index is 0.0458. The number of aliphatic hydroxyl groups is 3. The van der Waals surface area contributed by atoms with Crippen LogP contribution in [0.2, 0.25) is 0 Å². The quantitative estimate of drug-likeness (QED) is 0.0189. The van der Waals surface area contributed by atoms with Crippen molar-refractivity contribution in [1.29, 1.82) is 0 Å². The molecule has 0 saturated carbocycles. The summed E-state index contributed by atoms with van der Waals surface area (Å²) in [5.74, 6) is -1.07. The van der Waals surface area contributed by atoms with Crippen LogP contribution in [-0.4, -0.2) is 134 Å². The van der Waals surface area contributed by atoms with Gasteiger partial charge in [0.25, 0.3) is 0 Å². The summed E-state index contributed by atoms with van der Waals surface area (Å²) in [5.41, 5.74) is 4.57. The molecule has 3 aliphatic rings. The molecule has 3 saturated heterocycles. The van der Waals surface area contributed by atoms with E-state index in [0.29, 0.717) is 35.5 Å². The molecular weight excluding hydrogens is 1240 g/mol. The van der Waals surface area contributed by atoms with Gasteiger partial charge in [-0.3, -0.25) is 14.4 Å². The summed E-state index contributed by atoms with van der Waals surface area (Å²) >= 11 is -8.68. The van der Waals surface area contributed by atoms with Gasteiger partial charge in [-0.2, -0.15) is 0 Å². The maximum atomic E-state index is 13.0. The van der Waals surface area contributed by atoms with Crippen LogP contribution in [0, 0.1) is 35.2 Å². The van der Waals surface area contributed by atoms with E-state index in [0.717, 1.165) is 133 Å². The van der Waals surface area contributed by atoms with E-state index in [1.807, 2.05) is 0 Å². The van der Waals surface area contributed by atoms with Gasteiger partial charge in [0.2, 0.25) is 0 Å². The van der Waals surface area contributed by atoms with Crippen LogP contribution in [0.5, 0.6) is 17.2 Å². The lowest BCUT2D eigenvalue weighted by Crippen LogP contribution is -2.37. The van der Waals surface area contributed by atoms with Gasteiger partial charge in [0.15, 0.2) is 36.1 Å². The van der Waals surface area contributed by atoms with E-state index in [9.17, 15) is 69.2 Å². The number of piperidine rings is 3. The minimum atomic E-state index is -2.89. The first-order valence-corrected chi connectivity index (χ1v) is 31.9. The van der Waals surface area contributed by atoms with Gasteiger partial charge in [0, 0.05) is 19.6 Å². The first-order chi connectivity index (χ1) is 43.4. The number of likely N-dealkylation sites (tertiary alicyclic amines) is 3. The van der Waals surface area contributed by atoms with Crippen LogP contribution in [0.1, 0.15) is 121 Å². The van der Waals surface area contributed by atoms with E-state index in [4.69, 9.17) is 0 Å². The highest BCUT2D eigenvalue weighted by atomic mass is 32.2. The molecule has 0 spiro atoms. The standard InChI is InChI=1S/3C21H24FNO6S/c3*22-17-6-4-15(5-7-17)8-11-23-12-9-16(10-13-23)21(25)18-2-1-3-20(19(18)14-24)28-29-30(26)27/h3*1-7,14,16,21,25H,8-13H2,(H,26,27)/p-3. The fourth-order valence-corrected chi connectivity index (χ4v) is 11.7. The van der Waals surface area contributed by atoms with Crippen LogP contribution >= 0.6 is 0 Å². The van der Waals surface area contributed by atoms with Crippen molar-refractivity contribution in [2.24, 2.45) is 17.8 Å². The van der Waals surface area contributed by atoms with E-state index in [1.54, 1.807) is 72.8 Å². The van der Waals surface area contributed by atoms with Crippen molar-refractivity contribution in [3.05, 3.63) is 195 Å². The SMILES string of the molecule is O=Cc1c(OOS(=O)[O-])cccc1C(O)C1CCN(CCc2ccc(F)cc2)CC1.O=Cc1c(OOS(=O)[O-])cccc1C(O)C1CCN(CCc2ccc(F)cc2)CC1.O=Cc1c(OOS(=O)[O-])cccc1C(O)C1CCN(CCc2ccc(F)cc2)CC1. The molecule has 0 bridgehead atoms. The van der Waals surface area contributed by atoms with E-state index in [2.05, 4.69) is 42.4 Å². The number of aliphatic hydroxyl groups excluding tert-OH is 3. The number of halogens is 3. The molecule has 6 atom stereocenters. The summed E-state index contributed by atoms with van der Waals surface area (Å²) in [6.07, 6.45) is 5.84. The van der Waals surface area contributed by atoms with Crippen molar-refractivity contribution >= 4 is 52.9 Å². The molecule has 3 heterocycles. The zero-order chi connectivity index (χ0) is 64.5. The smallest absolute Gasteiger partial charge is 0.177 e. The molecule has 9 rings (SSSR count). The van der Waals surface area contributed by atoms with Crippen LogP contribution < -0.4 is 14.7 Å². The van der Waals surface area contributed by atoms with Crippen molar-refractivity contribution in [3.63, 3.8) is 0 Å². The van der Waals surface area contributed by atoms with Gasteiger partial charge >= 0.3 is 0 Å². The molecule has 21 nitrogen and oxygen atoms in total. The Labute approximate surface area is 526 Å². The number of hydrogen-bond donors (Lipinski definition) is 3. The molecule has 6 unspecified atom stereocenters. The highest BCUT2D eigenvalue weighted by Gasteiger charge is 2.32. The van der Waals surface area contributed by atoms with Gasteiger partial charge in [-0.1, -0.05) is 85.8 Å².